The second-order valence-electron chi connectivity index (χ2n) is 5.89. The molecular weight excluding hydrogens is 348 g/mol. The summed E-state index contributed by atoms with van der Waals surface area (Å²) in [5.74, 6) is 0.656. The zero-order valence-electron chi connectivity index (χ0n) is 15.2. The van der Waals surface area contributed by atoms with Gasteiger partial charge in [0.2, 0.25) is 5.91 Å². The minimum Gasteiger partial charge on any atom is -0.457 e. The summed E-state index contributed by atoms with van der Waals surface area (Å²) in [6.07, 6.45) is 0.547. The van der Waals surface area contributed by atoms with E-state index in [-0.39, 0.29) is 31.8 Å². The van der Waals surface area contributed by atoms with E-state index in [2.05, 4.69) is 5.32 Å². The molecule has 0 aliphatic rings. The molecule has 27 heavy (non-hydrogen) atoms. The summed E-state index contributed by atoms with van der Waals surface area (Å²) in [5.41, 5.74) is 5.66. The van der Waals surface area contributed by atoms with Crippen LogP contribution in [0.25, 0.3) is 0 Å². The summed E-state index contributed by atoms with van der Waals surface area (Å²) >= 11 is 0. The van der Waals surface area contributed by atoms with Gasteiger partial charge in [-0.25, -0.2) is 0 Å². The molecule has 0 radical (unpaired) electrons. The molecule has 0 spiro atoms. The van der Waals surface area contributed by atoms with Crippen LogP contribution in [0.5, 0.6) is 11.5 Å². The predicted molar refractivity (Wildman–Crippen MR) is 100 cm³/mol. The summed E-state index contributed by atoms with van der Waals surface area (Å²) in [4.78, 5) is 23.5. The van der Waals surface area contributed by atoms with Crippen molar-refractivity contribution in [2.24, 2.45) is 5.73 Å². The van der Waals surface area contributed by atoms with Gasteiger partial charge in [-0.05, 0) is 42.8 Å². The van der Waals surface area contributed by atoms with E-state index in [1.54, 1.807) is 24.3 Å². The number of primary amides is 1. The molecular formula is C20H24N2O5. The number of hydrogen-bond donors (Lipinski definition) is 2. The lowest BCUT2D eigenvalue weighted by molar-refractivity contribution is -0.118. The topological polar surface area (TPSA) is 99.9 Å². The van der Waals surface area contributed by atoms with E-state index in [0.717, 1.165) is 5.75 Å². The highest BCUT2D eigenvalue weighted by Crippen LogP contribution is 2.21. The van der Waals surface area contributed by atoms with Gasteiger partial charge in [0.15, 0.2) is 0 Å². The number of ether oxygens (including phenoxy) is 3. The Balaban J connectivity index is 1.94. The number of benzene rings is 2. The van der Waals surface area contributed by atoms with Gasteiger partial charge in [0, 0.05) is 19.1 Å². The van der Waals surface area contributed by atoms with Gasteiger partial charge in [0.05, 0.1) is 12.6 Å². The largest absolute Gasteiger partial charge is 0.457 e. The normalized spacial score (nSPS) is 11.6. The summed E-state index contributed by atoms with van der Waals surface area (Å²) in [7, 11) is 1.51. The number of nitrogens with two attached hydrogens (primary N) is 1. The predicted octanol–water partition coefficient (Wildman–Crippen LogP) is 2.46. The van der Waals surface area contributed by atoms with Crippen molar-refractivity contribution in [1.82, 2.24) is 5.32 Å². The minimum absolute atomic E-state index is 0.106. The zero-order valence-corrected chi connectivity index (χ0v) is 15.2. The highest BCUT2D eigenvalue weighted by atomic mass is 16.7. The third-order valence-corrected chi connectivity index (χ3v) is 3.69. The summed E-state index contributed by atoms with van der Waals surface area (Å²) < 4.78 is 15.8. The first-order chi connectivity index (χ1) is 13.1. The number of methoxy groups -OCH3 is 1. The Bertz CT molecular complexity index is 719. The first-order valence-electron chi connectivity index (χ1n) is 8.57. The van der Waals surface area contributed by atoms with Gasteiger partial charge in [-0.2, -0.15) is 0 Å². The fraction of sp³-hybridized carbons (Fsp3) is 0.300. The van der Waals surface area contributed by atoms with Gasteiger partial charge in [-0.3, -0.25) is 9.59 Å². The van der Waals surface area contributed by atoms with Crippen LogP contribution in [-0.2, 0) is 14.3 Å². The van der Waals surface area contributed by atoms with Gasteiger partial charge in [-0.1, -0.05) is 18.2 Å². The van der Waals surface area contributed by atoms with E-state index in [9.17, 15) is 9.59 Å². The van der Waals surface area contributed by atoms with Gasteiger partial charge in [0.25, 0.3) is 5.91 Å². The molecule has 3 N–H and O–H groups in total. The molecule has 2 amide bonds. The van der Waals surface area contributed by atoms with Crippen molar-refractivity contribution in [1.29, 1.82) is 0 Å². The average molecular weight is 372 g/mol. The molecule has 0 fully saturated rings. The van der Waals surface area contributed by atoms with Crippen LogP contribution in [0.1, 0.15) is 23.2 Å². The molecule has 0 aliphatic carbocycles. The number of rotatable bonds is 11. The van der Waals surface area contributed by atoms with Crippen LogP contribution in [-0.4, -0.2) is 38.4 Å². The van der Waals surface area contributed by atoms with Crippen LogP contribution < -0.4 is 15.8 Å². The first kappa shape index (κ1) is 20.4. The Hall–Kier alpha value is -2.90. The van der Waals surface area contributed by atoms with Crippen LogP contribution >= 0.6 is 0 Å². The molecule has 2 rings (SSSR count). The minimum atomic E-state index is -0.427. The lowest BCUT2D eigenvalue weighted by Gasteiger charge is -2.18. The van der Waals surface area contributed by atoms with Crippen LogP contribution in [0.2, 0.25) is 0 Å². The maximum atomic E-state index is 12.4. The fourth-order valence-electron chi connectivity index (χ4n) is 2.36. The molecule has 0 unspecified atom stereocenters. The Morgan fingerprint density at radius 3 is 2.33 bits per heavy atom. The summed E-state index contributed by atoms with van der Waals surface area (Å²) in [6.45, 7) is 0.330. The van der Waals surface area contributed by atoms with Crippen molar-refractivity contribution in [2.45, 2.75) is 18.9 Å². The van der Waals surface area contributed by atoms with Gasteiger partial charge < -0.3 is 25.3 Å². The van der Waals surface area contributed by atoms with E-state index in [4.69, 9.17) is 19.9 Å². The summed E-state index contributed by atoms with van der Waals surface area (Å²) in [5, 5.41) is 2.85. The van der Waals surface area contributed by atoms with Crippen LogP contribution in [0.15, 0.2) is 54.6 Å². The molecule has 0 saturated heterocycles. The van der Waals surface area contributed by atoms with E-state index >= 15 is 0 Å². The molecule has 144 valence electrons. The fourth-order valence-corrected chi connectivity index (χ4v) is 2.36. The van der Waals surface area contributed by atoms with Gasteiger partial charge in [-0.15, -0.1) is 0 Å². The van der Waals surface area contributed by atoms with E-state index in [1.165, 1.54) is 7.11 Å². The number of carbonyl (C=O) groups is 2. The second kappa shape index (κ2) is 10.9. The number of para-hydroxylation sites is 1. The van der Waals surface area contributed by atoms with Crippen LogP contribution in [0.3, 0.4) is 0 Å². The van der Waals surface area contributed by atoms with E-state index < -0.39 is 5.91 Å². The van der Waals surface area contributed by atoms with E-state index in [1.807, 2.05) is 30.3 Å². The number of hydrogen-bond acceptors (Lipinski definition) is 5. The first-order valence-corrected chi connectivity index (χ1v) is 8.57. The summed E-state index contributed by atoms with van der Waals surface area (Å²) in [6, 6.07) is 15.8. The molecule has 1 atom stereocenters. The van der Waals surface area contributed by atoms with E-state index in [0.29, 0.717) is 17.7 Å². The number of nitrogens with one attached hydrogen (secondary N) is 1. The average Bonchev–Trinajstić information content (AvgIpc) is 2.67. The molecule has 7 nitrogen and oxygen atoms in total. The van der Waals surface area contributed by atoms with Gasteiger partial charge >= 0.3 is 0 Å². The van der Waals surface area contributed by atoms with Gasteiger partial charge in [0.1, 0.15) is 18.3 Å². The highest BCUT2D eigenvalue weighted by Gasteiger charge is 2.15. The smallest absolute Gasteiger partial charge is 0.251 e. The number of carbonyl (C=O) groups excluding carboxylic acids is 2. The Kier molecular flexibility index (Phi) is 8.28. The van der Waals surface area contributed by atoms with Crippen molar-refractivity contribution < 1.29 is 23.8 Å². The molecule has 0 heterocycles. The molecule has 2 aromatic rings. The Morgan fingerprint density at radius 2 is 1.70 bits per heavy atom. The molecule has 0 saturated carbocycles. The third kappa shape index (κ3) is 7.47. The van der Waals surface area contributed by atoms with Crippen molar-refractivity contribution >= 4 is 11.8 Å². The van der Waals surface area contributed by atoms with Crippen molar-refractivity contribution in [2.75, 3.05) is 20.5 Å². The lowest BCUT2D eigenvalue weighted by atomic mass is 10.1. The molecule has 0 aliphatic heterocycles. The standard InChI is InChI=1S/C20H24N2O5/c1-25-14-26-13-16(9-12-19(21)23)22-20(24)15-7-10-18(11-8-15)27-17-5-3-2-4-6-17/h2-8,10-11,16H,9,12-14H2,1H3,(H2,21,23)(H,22,24)/t16-/m0/s1. The monoisotopic (exact) mass is 372 g/mol. The maximum absolute atomic E-state index is 12.4. The quantitative estimate of drug-likeness (QED) is 0.466. The second-order valence-corrected chi connectivity index (χ2v) is 5.89. The Morgan fingerprint density at radius 1 is 1.04 bits per heavy atom. The zero-order chi connectivity index (χ0) is 19.5. The van der Waals surface area contributed by atoms with Crippen LogP contribution in [0, 0.1) is 0 Å². The molecule has 0 bridgehead atoms. The number of amides is 2. The molecule has 0 aromatic heterocycles. The Labute approximate surface area is 158 Å². The van der Waals surface area contributed by atoms with Crippen molar-refractivity contribution in [3.63, 3.8) is 0 Å². The highest BCUT2D eigenvalue weighted by molar-refractivity contribution is 5.94. The SMILES string of the molecule is COCOC[C@H](CCC(N)=O)NC(=O)c1ccc(Oc2ccccc2)cc1. The third-order valence-electron chi connectivity index (χ3n) is 3.69. The maximum Gasteiger partial charge on any atom is 0.251 e. The van der Waals surface area contributed by atoms with Crippen LogP contribution in [0.4, 0.5) is 0 Å². The van der Waals surface area contributed by atoms with Crippen molar-refractivity contribution in [3.8, 4) is 11.5 Å². The van der Waals surface area contributed by atoms with Crippen molar-refractivity contribution in [3.05, 3.63) is 60.2 Å². The molecule has 2 aromatic carbocycles. The lowest BCUT2D eigenvalue weighted by Crippen LogP contribution is -2.39. The molecule has 7 heteroatoms.